The van der Waals surface area contributed by atoms with Gasteiger partial charge in [0, 0.05) is 0 Å². The van der Waals surface area contributed by atoms with E-state index in [-0.39, 0.29) is 4.68 Å². The van der Waals surface area contributed by atoms with Crippen molar-refractivity contribution in [1.82, 2.24) is 14.8 Å². The first-order chi connectivity index (χ1) is 12.3. The quantitative estimate of drug-likeness (QED) is 0.763. The van der Waals surface area contributed by atoms with Crippen molar-refractivity contribution < 1.29 is 35.9 Å². The third-order valence-corrected chi connectivity index (χ3v) is 2.96. The number of nitrogens with zero attached hydrogens (tertiary/aromatic N) is 3. The lowest BCUT2D eigenvalue weighted by molar-refractivity contribution is -0.142. The maximum atomic E-state index is 13.5. The number of halogens is 6. The molecule has 0 fully saturated rings. The van der Waals surface area contributed by atoms with E-state index in [0.29, 0.717) is 12.3 Å². The second kappa shape index (κ2) is 7.08. The molecule has 27 heavy (non-hydrogen) atoms. The molecule has 0 saturated carbocycles. The van der Waals surface area contributed by atoms with E-state index in [1.807, 2.05) is 5.32 Å². The fraction of sp³-hybridized carbons (Fsp3) is 0.400. The fourth-order valence-corrected chi connectivity index (χ4v) is 2.02. The molecule has 148 valence electrons. The number of amides is 1. The molecule has 0 atom stereocenters. The number of anilines is 1. The van der Waals surface area contributed by atoms with Crippen LogP contribution in [0.4, 0.5) is 36.8 Å². The van der Waals surface area contributed by atoms with Gasteiger partial charge in [-0.15, -0.1) is 0 Å². The first-order valence-corrected chi connectivity index (χ1v) is 7.40. The Balaban J connectivity index is 2.49. The van der Waals surface area contributed by atoms with Crippen LogP contribution in [-0.4, -0.2) is 26.5 Å². The highest BCUT2D eigenvalue weighted by Gasteiger charge is 2.40. The Morgan fingerprint density at radius 1 is 1.22 bits per heavy atom. The van der Waals surface area contributed by atoms with Crippen molar-refractivity contribution in [3.8, 4) is 5.82 Å². The molecule has 0 spiro atoms. The average Bonchev–Trinajstić information content (AvgIpc) is 2.88. The molecule has 0 aliphatic heterocycles. The lowest BCUT2D eigenvalue weighted by atomic mass is 10.2. The van der Waals surface area contributed by atoms with E-state index in [4.69, 9.17) is 4.74 Å². The van der Waals surface area contributed by atoms with Crippen molar-refractivity contribution in [2.24, 2.45) is 0 Å². The summed E-state index contributed by atoms with van der Waals surface area (Å²) in [4.78, 5) is 14.9. The summed E-state index contributed by atoms with van der Waals surface area (Å²) in [6, 6.07) is 1.30. The molecule has 0 bridgehead atoms. The molecule has 0 aliphatic carbocycles. The van der Waals surface area contributed by atoms with Crippen molar-refractivity contribution in [2.45, 2.75) is 39.0 Å². The van der Waals surface area contributed by atoms with Gasteiger partial charge in [0.25, 0.3) is 6.43 Å². The molecule has 0 radical (unpaired) electrons. The number of rotatable bonds is 3. The number of pyridine rings is 1. The number of aromatic nitrogens is 3. The molecule has 0 aromatic carbocycles. The molecule has 1 N–H and O–H groups in total. The van der Waals surface area contributed by atoms with Gasteiger partial charge in [0.05, 0.1) is 11.9 Å². The highest BCUT2D eigenvalue weighted by Crippen LogP contribution is 2.36. The number of hydrogen-bond donors (Lipinski definition) is 1. The summed E-state index contributed by atoms with van der Waals surface area (Å²) in [6.07, 6.45) is -8.90. The fourth-order valence-electron chi connectivity index (χ4n) is 2.02. The Kier molecular flexibility index (Phi) is 5.38. The van der Waals surface area contributed by atoms with Gasteiger partial charge in [0.1, 0.15) is 11.3 Å². The van der Waals surface area contributed by atoms with Crippen LogP contribution < -0.4 is 5.32 Å². The molecular weight excluding hydrogens is 382 g/mol. The number of carbonyl (C=O) groups is 1. The summed E-state index contributed by atoms with van der Waals surface area (Å²) in [5.41, 5.74) is -4.56. The molecular formula is C15H14F6N4O2. The SMILES string of the molecule is CC(C)(C)OC(=O)Nc1cnn(-c2ccc(F)c(C(F)F)n2)c1C(F)(F)F. The zero-order valence-electron chi connectivity index (χ0n) is 14.2. The van der Waals surface area contributed by atoms with Crippen molar-refractivity contribution in [2.75, 3.05) is 5.32 Å². The number of carbonyl (C=O) groups excluding carboxylic acids is 1. The van der Waals surface area contributed by atoms with Crippen LogP contribution in [0, 0.1) is 5.82 Å². The van der Waals surface area contributed by atoms with Crippen LogP contribution in [0.25, 0.3) is 5.82 Å². The number of alkyl halides is 5. The van der Waals surface area contributed by atoms with Crippen LogP contribution >= 0.6 is 0 Å². The third-order valence-electron chi connectivity index (χ3n) is 2.96. The van der Waals surface area contributed by atoms with E-state index in [1.165, 1.54) is 20.8 Å². The van der Waals surface area contributed by atoms with Gasteiger partial charge >= 0.3 is 12.3 Å². The highest BCUT2D eigenvalue weighted by atomic mass is 19.4. The Bertz CT molecular complexity index is 842. The Morgan fingerprint density at radius 3 is 2.37 bits per heavy atom. The minimum Gasteiger partial charge on any atom is -0.444 e. The van der Waals surface area contributed by atoms with Gasteiger partial charge in [0.15, 0.2) is 17.3 Å². The van der Waals surface area contributed by atoms with Gasteiger partial charge in [-0.25, -0.2) is 27.6 Å². The molecule has 2 rings (SSSR count). The van der Waals surface area contributed by atoms with Crippen LogP contribution in [0.1, 0.15) is 38.6 Å². The minimum absolute atomic E-state index is 0.179. The maximum Gasteiger partial charge on any atom is 0.435 e. The summed E-state index contributed by atoms with van der Waals surface area (Å²) in [5.74, 6) is -2.07. The molecule has 2 aromatic heterocycles. The summed E-state index contributed by atoms with van der Waals surface area (Å²) in [5, 5.41) is 5.33. The van der Waals surface area contributed by atoms with Gasteiger partial charge in [0.2, 0.25) is 0 Å². The van der Waals surface area contributed by atoms with Crippen LogP contribution in [0.2, 0.25) is 0 Å². The first kappa shape index (κ1) is 20.5. The lowest BCUT2D eigenvalue weighted by Crippen LogP contribution is -2.28. The van der Waals surface area contributed by atoms with Gasteiger partial charge in [-0.1, -0.05) is 0 Å². The van der Waals surface area contributed by atoms with Gasteiger partial charge < -0.3 is 4.74 Å². The smallest absolute Gasteiger partial charge is 0.435 e. The predicted molar refractivity (Wildman–Crippen MR) is 81.1 cm³/mol. The van der Waals surface area contributed by atoms with Crippen LogP contribution in [-0.2, 0) is 10.9 Å². The molecule has 1 amide bonds. The van der Waals surface area contributed by atoms with Gasteiger partial charge in [-0.2, -0.15) is 18.3 Å². The Labute approximate surface area is 149 Å². The number of hydrogen-bond acceptors (Lipinski definition) is 4. The van der Waals surface area contributed by atoms with Crippen molar-refractivity contribution >= 4 is 11.8 Å². The van der Waals surface area contributed by atoms with Crippen LogP contribution in [0.3, 0.4) is 0 Å². The van der Waals surface area contributed by atoms with Crippen LogP contribution in [0.5, 0.6) is 0 Å². The molecule has 2 heterocycles. The standard InChI is InChI=1S/C15H14F6N4O2/c1-14(2,3)27-13(26)23-8-6-22-25(11(8)15(19,20)21)9-5-4-7(16)10(24-9)12(17)18/h4-6,12H,1-3H3,(H,23,26). The zero-order valence-corrected chi connectivity index (χ0v) is 14.2. The topological polar surface area (TPSA) is 69.0 Å². The predicted octanol–water partition coefficient (Wildman–Crippen LogP) is 4.71. The largest absolute Gasteiger partial charge is 0.444 e. The number of nitrogens with one attached hydrogen (secondary N) is 1. The summed E-state index contributed by atoms with van der Waals surface area (Å²) in [6.45, 7) is 4.53. The van der Waals surface area contributed by atoms with E-state index in [0.717, 1.165) is 6.07 Å². The van der Waals surface area contributed by atoms with Gasteiger partial charge in [-0.05, 0) is 32.9 Å². The Hall–Kier alpha value is -2.79. The minimum atomic E-state index is -5.04. The average molecular weight is 396 g/mol. The normalized spacial score (nSPS) is 12.4. The van der Waals surface area contributed by atoms with E-state index >= 15 is 0 Å². The molecule has 12 heteroatoms. The summed E-state index contributed by atoms with van der Waals surface area (Å²) in [7, 11) is 0. The zero-order chi connectivity index (χ0) is 20.6. The monoisotopic (exact) mass is 396 g/mol. The Morgan fingerprint density at radius 2 is 1.85 bits per heavy atom. The molecule has 0 aliphatic rings. The molecule has 0 saturated heterocycles. The van der Waals surface area contributed by atoms with E-state index in [1.54, 1.807) is 0 Å². The van der Waals surface area contributed by atoms with Crippen molar-refractivity contribution in [1.29, 1.82) is 0 Å². The van der Waals surface area contributed by atoms with Gasteiger partial charge in [-0.3, -0.25) is 5.32 Å². The molecule has 6 nitrogen and oxygen atoms in total. The van der Waals surface area contributed by atoms with Crippen molar-refractivity contribution in [3.05, 3.63) is 35.5 Å². The number of ether oxygens (including phenoxy) is 1. The third kappa shape index (κ3) is 4.89. The summed E-state index contributed by atoms with van der Waals surface area (Å²) >= 11 is 0. The second-order valence-electron chi connectivity index (χ2n) is 6.28. The van der Waals surface area contributed by atoms with Crippen molar-refractivity contribution in [3.63, 3.8) is 0 Å². The maximum absolute atomic E-state index is 13.5. The van der Waals surface area contributed by atoms with E-state index in [9.17, 15) is 31.1 Å². The van der Waals surface area contributed by atoms with Crippen LogP contribution in [0.15, 0.2) is 18.3 Å². The highest BCUT2D eigenvalue weighted by molar-refractivity contribution is 5.85. The first-order valence-electron chi connectivity index (χ1n) is 7.40. The molecule has 0 unspecified atom stereocenters. The molecule has 2 aromatic rings. The second-order valence-corrected chi connectivity index (χ2v) is 6.28. The van der Waals surface area contributed by atoms with E-state index < -0.39 is 53.0 Å². The van der Waals surface area contributed by atoms with E-state index in [2.05, 4.69) is 10.1 Å². The lowest BCUT2D eigenvalue weighted by Gasteiger charge is -2.20. The summed E-state index contributed by atoms with van der Waals surface area (Å²) < 4.78 is 84.3.